The Morgan fingerprint density at radius 1 is 1.43 bits per heavy atom. The topological polar surface area (TPSA) is 83.7 Å². The number of nitro groups is 1. The van der Waals surface area contributed by atoms with Crippen molar-refractivity contribution in [2.45, 2.75) is 25.8 Å². The number of benzene rings is 1. The number of nitrogens with zero attached hydrogens (tertiary/aromatic N) is 2. The van der Waals surface area contributed by atoms with Gasteiger partial charge >= 0.3 is 5.97 Å². The molecule has 6 heteroatoms. The average Bonchev–Trinajstić information content (AvgIpc) is 2.97. The van der Waals surface area contributed by atoms with Gasteiger partial charge in [-0.25, -0.2) is 0 Å². The van der Waals surface area contributed by atoms with Crippen LogP contribution in [0.15, 0.2) is 24.3 Å². The SMILES string of the molecule is O=C(O)[C@@]12CCC[C@H]1CN(Cc1ccc([N+](=O)[O-])cc1)C2. The number of fused-ring (bicyclic) bond motifs is 1. The summed E-state index contributed by atoms with van der Waals surface area (Å²) in [6.45, 7) is 2.05. The summed E-state index contributed by atoms with van der Waals surface area (Å²) in [7, 11) is 0. The number of carbonyl (C=O) groups is 1. The van der Waals surface area contributed by atoms with Crippen LogP contribution >= 0.6 is 0 Å². The highest BCUT2D eigenvalue weighted by atomic mass is 16.6. The zero-order valence-corrected chi connectivity index (χ0v) is 11.7. The minimum Gasteiger partial charge on any atom is -0.481 e. The molecule has 1 aliphatic heterocycles. The minimum atomic E-state index is -0.670. The molecule has 1 aromatic rings. The summed E-state index contributed by atoms with van der Waals surface area (Å²) in [5.41, 5.74) is 0.501. The van der Waals surface area contributed by atoms with Crippen molar-refractivity contribution in [1.82, 2.24) is 4.90 Å². The number of rotatable bonds is 4. The maximum atomic E-state index is 11.6. The van der Waals surface area contributed by atoms with Crippen molar-refractivity contribution in [3.8, 4) is 0 Å². The van der Waals surface area contributed by atoms with Gasteiger partial charge in [0.15, 0.2) is 0 Å². The number of hydrogen-bond acceptors (Lipinski definition) is 4. The van der Waals surface area contributed by atoms with Crippen molar-refractivity contribution >= 4 is 11.7 Å². The molecule has 21 heavy (non-hydrogen) atoms. The lowest BCUT2D eigenvalue weighted by Gasteiger charge is -2.23. The molecule has 1 saturated heterocycles. The molecule has 1 aromatic carbocycles. The Hall–Kier alpha value is -1.95. The highest BCUT2D eigenvalue weighted by Gasteiger charge is 2.54. The molecule has 1 heterocycles. The second-order valence-corrected chi connectivity index (χ2v) is 6.14. The van der Waals surface area contributed by atoms with Gasteiger partial charge in [-0.05, 0) is 24.3 Å². The minimum absolute atomic E-state index is 0.0825. The van der Waals surface area contributed by atoms with Gasteiger partial charge in [-0.2, -0.15) is 0 Å². The van der Waals surface area contributed by atoms with E-state index in [0.717, 1.165) is 31.4 Å². The number of hydrogen-bond donors (Lipinski definition) is 1. The molecule has 0 aromatic heterocycles. The van der Waals surface area contributed by atoms with Gasteiger partial charge in [-0.15, -0.1) is 0 Å². The first-order chi connectivity index (χ1) is 10.0. The first-order valence-corrected chi connectivity index (χ1v) is 7.20. The van der Waals surface area contributed by atoms with Crippen LogP contribution in [-0.2, 0) is 11.3 Å². The number of non-ortho nitro benzene ring substituents is 1. The molecule has 0 amide bonds. The maximum Gasteiger partial charge on any atom is 0.311 e. The van der Waals surface area contributed by atoms with Crippen LogP contribution in [-0.4, -0.2) is 34.0 Å². The van der Waals surface area contributed by atoms with Crippen LogP contribution < -0.4 is 0 Å². The monoisotopic (exact) mass is 290 g/mol. The van der Waals surface area contributed by atoms with Crippen LogP contribution in [0, 0.1) is 21.4 Å². The van der Waals surface area contributed by atoms with E-state index in [1.807, 2.05) is 0 Å². The summed E-state index contributed by atoms with van der Waals surface area (Å²) in [5.74, 6) is -0.427. The van der Waals surface area contributed by atoms with Crippen molar-refractivity contribution in [2.24, 2.45) is 11.3 Å². The fourth-order valence-electron chi connectivity index (χ4n) is 3.84. The third-order valence-corrected chi connectivity index (χ3v) is 4.92. The zero-order chi connectivity index (χ0) is 15.0. The summed E-state index contributed by atoms with van der Waals surface area (Å²) in [5, 5.41) is 20.2. The molecule has 0 radical (unpaired) electrons. The van der Waals surface area contributed by atoms with Gasteiger partial charge in [0.25, 0.3) is 5.69 Å². The smallest absolute Gasteiger partial charge is 0.311 e. The molecule has 0 spiro atoms. The van der Waals surface area contributed by atoms with E-state index in [1.165, 1.54) is 12.1 Å². The lowest BCUT2D eigenvalue weighted by molar-refractivity contribution is -0.384. The summed E-state index contributed by atoms with van der Waals surface area (Å²) in [6.07, 6.45) is 2.76. The van der Waals surface area contributed by atoms with Crippen molar-refractivity contribution in [3.05, 3.63) is 39.9 Å². The van der Waals surface area contributed by atoms with E-state index in [1.54, 1.807) is 12.1 Å². The lowest BCUT2D eigenvalue weighted by atomic mass is 9.81. The quantitative estimate of drug-likeness (QED) is 0.679. The number of likely N-dealkylation sites (tertiary alicyclic amines) is 1. The molecular formula is C15H18N2O4. The van der Waals surface area contributed by atoms with Crippen molar-refractivity contribution in [2.75, 3.05) is 13.1 Å². The van der Waals surface area contributed by atoms with E-state index in [9.17, 15) is 20.0 Å². The van der Waals surface area contributed by atoms with Crippen LogP contribution in [0.1, 0.15) is 24.8 Å². The first kappa shape index (κ1) is 14.0. The largest absolute Gasteiger partial charge is 0.481 e. The van der Waals surface area contributed by atoms with Gasteiger partial charge in [-0.1, -0.05) is 18.6 Å². The fraction of sp³-hybridized carbons (Fsp3) is 0.533. The normalized spacial score (nSPS) is 28.5. The van der Waals surface area contributed by atoms with E-state index in [2.05, 4.69) is 4.90 Å². The molecule has 1 N–H and O–H groups in total. The Balaban J connectivity index is 1.70. The van der Waals surface area contributed by atoms with E-state index in [4.69, 9.17) is 0 Å². The highest BCUT2D eigenvalue weighted by molar-refractivity contribution is 5.76. The molecule has 2 fully saturated rings. The van der Waals surface area contributed by atoms with Gasteiger partial charge in [0, 0.05) is 31.8 Å². The molecule has 2 aliphatic rings. The Morgan fingerprint density at radius 3 is 2.71 bits per heavy atom. The van der Waals surface area contributed by atoms with Crippen molar-refractivity contribution < 1.29 is 14.8 Å². The molecule has 0 unspecified atom stereocenters. The van der Waals surface area contributed by atoms with Crippen LogP contribution in [0.25, 0.3) is 0 Å². The van der Waals surface area contributed by atoms with Gasteiger partial charge in [-0.3, -0.25) is 19.8 Å². The first-order valence-electron chi connectivity index (χ1n) is 7.20. The van der Waals surface area contributed by atoms with Crippen molar-refractivity contribution in [3.63, 3.8) is 0 Å². The summed E-state index contributed by atoms with van der Waals surface area (Å²) in [6, 6.07) is 6.50. The second kappa shape index (κ2) is 5.11. The van der Waals surface area contributed by atoms with E-state index < -0.39 is 16.3 Å². The average molecular weight is 290 g/mol. The Morgan fingerprint density at radius 2 is 2.14 bits per heavy atom. The third-order valence-electron chi connectivity index (χ3n) is 4.92. The summed E-state index contributed by atoms with van der Waals surface area (Å²) < 4.78 is 0. The van der Waals surface area contributed by atoms with Crippen molar-refractivity contribution in [1.29, 1.82) is 0 Å². The standard InChI is InChI=1S/C15H18N2O4/c18-14(19)15-7-1-2-12(15)9-16(10-15)8-11-3-5-13(6-4-11)17(20)21/h3-6,12H,1-2,7-10H2,(H,18,19)/t12-,15+/m0/s1. The number of aliphatic carboxylic acids is 1. The van der Waals surface area contributed by atoms with Crippen LogP contribution in [0.3, 0.4) is 0 Å². The highest BCUT2D eigenvalue weighted by Crippen LogP contribution is 2.49. The second-order valence-electron chi connectivity index (χ2n) is 6.14. The van der Waals surface area contributed by atoms with Gasteiger partial charge in [0.05, 0.1) is 10.3 Å². The van der Waals surface area contributed by atoms with Crippen LogP contribution in [0.5, 0.6) is 0 Å². The molecular weight excluding hydrogens is 272 g/mol. The Bertz CT molecular complexity index is 572. The Kier molecular flexibility index (Phi) is 3.41. The molecule has 0 bridgehead atoms. The van der Waals surface area contributed by atoms with Gasteiger partial charge < -0.3 is 5.11 Å². The summed E-state index contributed by atoms with van der Waals surface area (Å²) in [4.78, 5) is 24.0. The Labute approximate surface area is 122 Å². The molecule has 3 rings (SSSR count). The molecule has 6 nitrogen and oxygen atoms in total. The molecule has 1 saturated carbocycles. The van der Waals surface area contributed by atoms with Gasteiger partial charge in [0.2, 0.25) is 0 Å². The van der Waals surface area contributed by atoms with Crippen LogP contribution in [0.4, 0.5) is 5.69 Å². The number of nitro benzene ring substituents is 1. The maximum absolute atomic E-state index is 11.6. The number of carboxylic acid groups (broad SMARTS) is 1. The van der Waals surface area contributed by atoms with E-state index in [-0.39, 0.29) is 11.6 Å². The van der Waals surface area contributed by atoms with E-state index in [0.29, 0.717) is 13.1 Å². The lowest BCUT2D eigenvalue weighted by Crippen LogP contribution is -2.35. The molecule has 112 valence electrons. The predicted octanol–water partition coefficient (Wildman–Crippen LogP) is 2.28. The number of carboxylic acids is 1. The third kappa shape index (κ3) is 2.40. The van der Waals surface area contributed by atoms with Crippen LogP contribution in [0.2, 0.25) is 0 Å². The van der Waals surface area contributed by atoms with Gasteiger partial charge in [0.1, 0.15) is 0 Å². The molecule has 2 atom stereocenters. The fourth-order valence-corrected chi connectivity index (χ4v) is 3.84. The van der Waals surface area contributed by atoms with E-state index >= 15 is 0 Å². The predicted molar refractivity (Wildman–Crippen MR) is 75.8 cm³/mol. The molecule has 1 aliphatic carbocycles. The summed E-state index contributed by atoms with van der Waals surface area (Å²) >= 11 is 0. The zero-order valence-electron chi connectivity index (χ0n) is 11.7.